The molecule has 1 heterocycles. The Morgan fingerprint density at radius 3 is 2.74 bits per heavy atom. The fourth-order valence-electron chi connectivity index (χ4n) is 2.66. The predicted octanol–water partition coefficient (Wildman–Crippen LogP) is 2.88. The van der Waals surface area contributed by atoms with Gasteiger partial charge in [0, 0.05) is 22.6 Å². The molecule has 0 fully saturated rings. The van der Waals surface area contributed by atoms with Crippen LogP contribution in [0.2, 0.25) is 0 Å². The van der Waals surface area contributed by atoms with Crippen LogP contribution >= 0.6 is 9.24 Å². The molecule has 0 bridgehead atoms. The first kappa shape index (κ1) is 19.0. The Morgan fingerprint density at radius 1 is 1.22 bits per heavy atom. The monoisotopic (exact) mass is 383 g/mol. The number of benzene rings is 2. The summed E-state index contributed by atoms with van der Waals surface area (Å²) < 4.78 is 19.1. The summed E-state index contributed by atoms with van der Waals surface area (Å²) in [4.78, 5) is 16.1. The second-order valence-corrected chi connectivity index (χ2v) is 6.65. The maximum atomic E-state index is 13.3. The van der Waals surface area contributed by atoms with Crippen LogP contribution in [0.1, 0.15) is 21.5 Å². The topological polar surface area (TPSA) is 77.2 Å². The van der Waals surface area contributed by atoms with Crippen LogP contribution in [0.4, 0.5) is 4.39 Å². The Kier molecular flexibility index (Phi) is 5.79. The van der Waals surface area contributed by atoms with E-state index in [-0.39, 0.29) is 11.7 Å². The van der Waals surface area contributed by atoms with Gasteiger partial charge in [0.15, 0.2) is 0 Å². The molecule has 0 saturated carbocycles. The summed E-state index contributed by atoms with van der Waals surface area (Å²) in [6, 6.07) is 13.8. The number of hydrazine groups is 1. The van der Waals surface area contributed by atoms with Crippen LogP contribution in [0, 0.1) is 12.7 Å². The summed E-state index contributed by atoms with van der Waals surface area (Å²) in [5.74, 6) is 5.16. The summed E-state index contributed by atoms with van der Waals surface area (Å²) in [5, 5.41) is 0.458. The number of amides is 1. The van der Waals surface area contributed by atoms with Gasteiger partial charge in [0.25, 0.3) is 5.91 Å². The van der Waals surface area contributed by atoms with Crippen LogP contribution in [0.3, 0.4) is 0 Å². The quantitative estimate of drug-likeness (QED) is 0.307. The Bertz CT molecular complexity index is 995. The average molecular weight is 383 g/mol. The standard InChI is InChI=1S/C20H19FN3O2P/c1-12-8-14(2-4-16(12)20(25)24-22)18-9-13(6-7-23-18)11-26-15-3-5-17(21)19(27)10-15/h2-10H,11,22,27H2,1H3,(H,24,25). The van der Waals surface area contributed by atoms with Crippen molar-refractivity contribution in [2.45, 2.75) is 13.5 Å². The molecule has 7 heteroatoms. The molecule has 0 saturated heterocycles. The summed E-state index contributed by atoms with van der Waals surface area (Å²) in [6.07, 6.45) is 1.70. The van der Waals surface area contributed by atoms with Crippen LogP contribution in [-0.4, -0.2) is 10.9 Å². The number of pyridine rings is 1. The normalized spacial score (nSPS) is 10.5. The highest BCUT2D eigenvalue weighted by molar-refractivity contribution is 7.27. The molecule has 0 aliphatic rings. The van der Waals surface area contributed by atoms with E-state index in [0.717, 1.165) is 22.4 Å². The van der Waals surface area contributed by atoms with E-state index in [0.29, 0.717) is 23.2 Å². The number of hydrogen-bond acceptors (Lipinski definition) is 4. The molecule has 3 rings (SSSR count). The largest absolute Gasteiger partial charge is 0.489 e. The molecule has 3 aromatic rings. The fraction of sp³-hybridized carbons (Fsp3) is 0.100. The first-order valence-corrected chi connectivity index (χ1v) is 8.80. The molecule has 0 spiro atoms. The number of aromatic nitrogens is 1. The van der Waals surface area contributed by atoms with Gasteiger partial charge >= 0.3 is 0 Å². The summed E-state index contributed by atoms with van der Waals surface area (Å²) in [7, 11) is 2.34. The number of halogens is 1. The highest BCUT2D eigenvalue weighted by atomic mass is 31.0. The second kappa shape index (κ2) is 8.25. The molecule has 1 atom stereocenters. The maximum absolute atomic E-state index is 13.3. The Morgan fingerprint density at radius 2 is 2.04 bits per heavy atom. The van der Waals surface area contributed by atoms with Gasteiger partial charge < -0.3 is 4.74 Å². The van der Waals surface area contributed by atoms with Crippen molar-refractivity contribution >= 4 is 20.5 Å². The van der Waals surface area contributed by atoms with E-state index >= 15 is 0 Å². The molecule has 5 nitrogen and oxygen atoms in total. The molecule has 0 aliphatic heterocycles. The smallest absolute Gasteiger partial charge is 0.265 e. The minimum absolute atomic E-state index is 0.291. The number of rotatable bonds is 5. The van der Waals surface area contributed by atoms with Crippen molar-refractivity contribution in [3.05, 3.63) is 77.2 Å². The first-order chi connectivity index (χ1) is 13.0. The van der Waals surface area contributed by atoms with E-state index in [1.165, 1.54) is 6.07 Å². The van der Waals surface area contributed by atoms with Gasteiger partial charge in [-0.25, -0.2) is 10.2 Å². The van der Waals surface area contributed by atoms with Crippen LogP contribution in [-0.2, 0) is 6.61 Å². The molecule has 1 aromatic heterocycles. The van der Waals surface area contributed by atoms with Crippen molar-refractivity contribution in [2.75, 3.05) is 0 Å². The lowest BCUT2D eigenvalue weighted by Gasteiger charge is -2.10. The van der Waals surface area contributed by atoms with Crippen molar-refractivity contribution in [1.29, 1.82) is 0 Å². The Labute approximate surface area is 158 Å². The lowest BCUT2D eigenvalue weighted by molar-refractivity contribution is 0.0953. The lowest BCUT2D eigenvalue weighted by atomic mass is 10.0. The zero-order valence-corrected chi connectivity index (χ0v) is 15.9. The van der Waals surface area contributed by atoms with Gasteiger partial charge in [-0.2, -0.15) is 0 Å². The number of nitrogen functional groups attached to an aromatic ring is 1. The Hall–Kier alpha value is -2.82. The Balaban J connectivity index is 1.78. The molecule has 3 N–H and O–H groups in total. The number of carbonyl (C=O) groups is 1. The van der Waals surface area contributed by atoms with E-state index in [1.54, 1.807) is 24.4 Å². The number of ether oxygens (including phenoxy) is 1. The first-order valence-electron chi connectivity index (χ1n) is 8.22. The SMILES string of the molecule is Cc1cc(-c2cc(COc3ccc(F)c(P)c3)ccn2)ccc1C(=O)NN. The number of nitrogens with two attached hydrogens (primary N) is 1. The van der Waals surface area contributed by atoms with Crippen LogP contribution < -0.4 is 21.3 Å². The molecular weight excluding hydrogens is 364 g/mol. The highest BCUT2D eigenvalue weighted by Gasteiger charge is 2.10. The van der Waals surface area contributed by atoms with Crippen LogP contribution in [0.25, 0.3) is 11.3 Å². The van der Waals surface area contributed by atoms with Gasteiger partial charge in [0.05, 0.1) is 5.69 Å². The van der Waals surface area contributed by atoms with Crippen molar-refractivity contribution in [3.63, 3.8) is 0 Å². The predicted molar refractivity (Wildman–Crippen MR) is 106 cm³/mol. The summed E-state index contributed by atoms with van der Waals surface area (Å²) in [6.45, 7) is 2.17. The molecule has 0 radical (unpaired) electrons. The van der Waals surface area contributed by atoms with E-state index in [2.05, 4.69) is 19.6 Å². The third kappa shape index (κ3) is 4.48. The minimum atomic E-state index is -0.332. The fourth-order valence-corrected chi connectivity index (χ4v) is 2.92. The van der Waals surface area contributed by atoms with Crippen LogP contribution in [0.15, 0.2) is 54.7 Å². The molecule has 0 aliphatic carbocycles. The zero-order chi connectivity index (χ0) is 19.4. The van der Waals surface area contributed by atoms with E-state index in [4.69, 9.17) is 10.6 Å². The minimum Gasteiger partial charge on any atom is -0.489 e. The van der Waals surface area contributed by atoms with Crippen molar-refractivity contribution < 1.29 is 13.9 Å². The van der Waals surface area contributed by atoms with Gasteiger partial charge in [-0.05, 0) is 60.5 Å². The van der Waals surface area contributed by atoms with E-state index < -0.39 is 0 Å². The number of nitrogens with zero attached hydrogens (tertiary/aromatic N) is 1. The number of carbonyl (C=O) groups excluding carboxylic acids is 1. The third-order valence-electron chi connectivity index (χ3n) is 4.10. The molecule has 27 heavy (non-hydrogen) atoms. The molecular formula is C20H19FN3O2P. The van der Waals surface area contributed by atoms with Gasteiger partial charge in [0.1, 0.15) is 18.2 Å². The average Bonchev–Trinajstić information content (AvgIpc) is 2.68. The van der Waals surface area contributed by atoms with Crippen LogP contribution in [0.5, 0.6) is 5.75 Å². The maximum Gasteiger partial charge on any atom is 0.265 e. The number of aryl methyl sites for hydroxylation is 1. The zero-order valence-electron chi connectivity index (χ0n) is 14.7. The van der Waals surface area contributed by atoms with Crippen molar-refractivity contribution in [2.24, 2.45) is 5.84 Å². The van der Waals surface area contributed by atoms with Gasteiger partial charge in [-0.1, -0.05) is 6.07 Å². The van der Waals surface area contributed by atoms with Crippen molar-refractivity contribution in [1.82, 2.24) is 10.4 Å². The van der Waals surface area contributed by atoms with Gasteiger partial charge in [-0.15, -0.1) is 9.24 Å². The van der Waals surface area contributed by atoms with Gasteiger partial charge in [-0.3, -0.25) is 15.2 Å². The second-order valence-electron chi connectivity index (χ2n) is 6.02. The summed E-state index contributed by atoms with van der Waals surface area (Å²) >= 11 is 0. The van der Waals surface area contributed by atoms with E-state index in [9.17, 15) is 9.18 Å². The van der Waals surface area contributed by atoms with Crippen molar-refractivity contribution in [3.8, 4) is 17.0 Å². The van der Waals surface area contributed by atoms with E-state index in [1.807, 2.05) is 31.2 Å². The number of hydrogen-bond donors (Lipinski definition) is 2. The van der Waals surface area contributed by atoms with Gasteiger partial charge in [0.2, 0.25) is 0 Å². The number of nitrogens with one attached hydrogen (secondary N) is 1. The molecule has 1 amide bonds. The molecule has 138 valence electrons. The molecule has 1 unspecified atom stereocenters. The third-order valence-corrected chi connectivity index (χ3v) is 4.54. The molecule has 2 aromatic carbocycles. The highest BCUT2D eigenvalue weighted by Crippen LogP contribution is 2.22. The summed E-state index contributed by atoms with van der Waals surface area (Å²) in [5.41, 5.74) is 6.04. The lowest BCUT2D eigenvalue weighted by Crippen LogP contribution is -2.30.